The summed E-state index contributed by atoms with van der Waals surface area (Å²) in [5.41, 5.74) is 0.314. The summed E-state index contributed by atoms with van der Waals surface area (Å²) in [7, 11) is 0. The predicted octanol–water partition coefficient (Wildman–Crippen LogP) is 3.67. The Hall–Kier alpha value is -1.63. The van der Waals surface area contributed by atoms with E-state index >= 15 is 0 Å². The molecular weight excluding hydrogens is 354 g/mol. The summed E-state index contributed by atoms with van der Waals surface area (Å²) in [6.45, 7) is 12.5. The lowest BCUT2D eigenvalue weighted by Gasteiger charge is -2.27. The first-order chi connectivity index (χ1) is 13.6. The number of aromatic nitrogens is 2. The molecule has 1 aliphatic carbocycles. The predicted molar refractivity (Wildman–Crippen MR) is 113 cm³/mol. The zero-order valence-electron chi connectivity index (χ0n) is 18.2. The summed E-state index contributed by atoms with van der Waals surface area (Å²) in [4.78, 5) is 9.34. The van der Waals surface area contributed by atoms with Crippen LogP contribution >= 0.6 is 0 Å². The molecule has 1 saturated carbocycles. The van der Waals surface area contributed by atoms with E-state index in [1.807, 2.05) is 0 Å². The van der Waals surface area contributed by atoms with E-state index in [1.165, 1.54) is 25.7 Å². The molecular formula is C21H39N5O2. The van der Waals surface area contributed by atoms with Crippen LogP contribution in [0.1, 0.15) is 83.9 Å². The molecule has 0 atom stereocenters. The molecule has 7 heteroatoms. The van der Waals surface area contributed by atoms with Gasteiger partial charge in [0, 0.05) is 45.2 Å². The van der Waals surface area contributed by atoms with Crippen molar-refractivity contribution in [1.29, 1.82) is 0 Å². The van der Waals surface area contributed by atoms with E-state index in [-0.39, 0.29) is 0 Å². The normalized spacial score (nSPS) is 16.7. The van der Waals surface area contributed by atoms with Gasteiger partial charge in [-0.1, -0.05) is 31.8 Å². The van der Waals surface area contributed by atoms with Gasteiger partial charge >= 0.3 is 0 Å². The quantitative estimate of drug-likeness (QED) is 0.320. The lowest BCUT2D eigenvalue weighted by atomic mass is 9.83. The van der Waals surface area contributed by atoms with Gasteiger partial charge < -0.3 is 19.9 Å². The van der Waals surface area contributed by atoms with Crippen LogP contribution in [0.5, 0.6) is 0 Å². The highest BCUT2D eigenvalue weighted by Crippen LogP contribution is 2.41. The Bertz CT molecular complexity index is 579. The molecule has 0 radical (unpaired) electrons. The second-order valence-electron chi connectivity index (χ2n) is 8.08. The molecule has 0 amide bonds. The van der Waals surface area contributed by atoms with Crippen molar-refractivity contribution < 1.29 is 9.26 Å². The Morgan fingerprint density at radius 2 is 2.04 bits per heavy atom. The standard InChI is InChI=1S/C21H39N5O2/c1-5-22-20(23-14-9-10-18-25-19(17(3)4)26-28-18)24-16-21(11-7-8-12-21)13-15-27-6-2/h17H,5-16H2,1-4H3,(H2,22,23,24). The van der Waals surface area contributed by atoms with E-state index in [9.17, 15) is 0 Å². The van der Waals surface area contributed by atoms with Gasteiger partial charge in [0.15, 0.2) is 11.8 Å². The highest BCUT2D eigenvalue weighted by atomic mass is 16.5. The molecule has 0 saturated heterocycles. The Balaban J connectivity index is 1.80. The maximum absolute atomic E-state index is 5.61. The first kappa shape index (κ1) is 22.7. The van der Waals surface area contributed by atoms with E-state index in [1.54, 1.807) is 0 Å². The van der Waals surface area contributed by atoms with Gasteiger partial charge in [-0.2, -0.15) is 4.98 Å². The molecule has 0 bridgehead atoms. The Morgan fingerprint density at radius 1 is 1.25 bits per heavy atom. The molecule has 28 heavy (non-hydrogen) atoms. The van der Waals surface area contributed by atoms with E-state index in [2.05, 4.69) is 48.5 Å². The van der Waals surface area contributed by atoms with E-state index in [0.717, 1.165) is 63.9 Å². The van der Waals surface area contributed by atoms with Crippen LogP contribution in [0.4, 0.5) is 0 Å². The molecule has 0 unspecified atom stereocenters. The SMILES string of the molecule is CCNC(=NCC1(CCOCC)CCCC1)NCCCc1nc(C(C)C)no1. The first-order valence-electron chi connectivity index (χ1n) is 11.0. The van der Waals surface area contributed by atoms with Crippen molar-refractivity contribution in [3.05, 3.63) is 11.7 Å². The fourth-order valence-electron chi connectivity index (χ4n) is 3.68. The third-order valence-electron chi connectivity index (χ3n) is 5.42. The molecule has 160 valence electrons. The van der Waals surface area contributed by atoms with Gasteiger partial charge in [-0.15, -0.1) is 0 Å². The molecule has 7 nitrogen and oxygen atoms in total. The maximum Gasteiger partial charge on any atom is 0.226 e. The summed E-state index contributed by atoms with van der Waals surface area (Å²) in [6.07, 6.45) is 7.97. The Labute approximate surface area is 170 Å². The minimum atomic E-state index is 0.300. The lowest BCUT2D eigenvalue weighted by molar-refractivity contribution is 0.107. The molecule has 0 aromatic carbocycles. The Kier molecular flexibility index (Phi) is 9.75. The third kappa shape index (κ3) is 7.41. The van der Waals surface area contributed by atoms with Crippen molar-refractivity contribution in [3.63, 3.8) is 0 Å². The first-order valence-corrected chi connectivity index (χ1v) is 11.0. The van der Waals surface area contributed by atoms with Crippen LogP contribution in [0.3, 0.4) is 0 Å². The van der Waals surface area contributed by atoms with Gasteiger partial charge in [-0.3, -0.25) is 4.99 Å². The average Bonchev–Trinajstić information content (AvgIpc) is 3.34. The molecule has 1 heterocycles. The van der Waals surface area contributed by atoms with Crippen LogP contribution in [0.25, 0.3) is 0 Å². The zero-order chi connectivity index (χ0) is 20.2. The van der Waals surface area contributed by atoms with Crippen LogP contribution in [0.2, 0.25) is 0 Å². The van der Waals surface area contributed by atoms with E-state index in [4.69, 9.17) is 14.3 Å². The number of nitrogens with zero attached hydrogens (tertiary/aromatic N) is 3. The summed E-state index contributed by atoms with van der Waals surface area (Å²) in [5.74, 6) is 2.70. The van der Waals surface area contributed by atoms with Crippen LogP contribution in [-0.2, 0) is 11.2 Å². The van der Waals surface area contributed by atoms with Crippen molar-refractivity contribution in [2.24, 2.45) is 10.4 Å². The summed E-state index contributed by atoms with van der Waals surface area (Å²) in [5, 5.41) is 10.8. The molecule has 1 fully saturated rings. The maximum atomic E-state index is 5.61. The van der Waals surface area contributed by atoms with Gasteiger partial charge in [-0.25, -0.2) is 0 Å². The summed E-state index contributed by atoms with van der Waals surface area (Å²) < 4.78 is 10.9. The molecule has 1 aromatic rings. The van der Waals surface area contributed by atoms with Crippen molar-refractivity contribution in [3.8, 4) is 0 Å². The monoisotopic (exact) mass is 393 g/mol. The number of nitrogens with one attached hydrogen (secondary N) is 2. The highest BCUT2D eigenvalue weighted by Gasteiger charge is 2.33. The van der Waals surface area contributed by atoms with Crippen LogP contribution in [0, 0.1) is 5.41 Å². The third-order valence-corrected chi connectivity index (χ3v) is 5.42. The number of hydrogen-bond donors (Lipinski definition) is 2. The number of aliphatic imine (C=N–C) groups is 1. The minimum absolute atomic E-state index is 0.300. The fraction of sp³-hybridized carbons (Fsp3) is 0.857. The number of guanidine groups is 1. The van der Waals surface area contributed by atoms with Crippen molar-refractivity contribution >= 4 is 5.96 Å². The lowest BCUT2D eigenvalue weighted by Crippen LogP contribution is -2.39. The van der Waals surface area contributed by atoms with E-state index < -0.39 is 0 Å². The molecule has 2 N–H and O–H groups in total. The van der Waals surface area contributed by atoms with Gasteiger partial charge in [0.05, 0.1) is 0 Å². The molecule has 1 aliphatic rings. The minimum Gasteiger partial charge on any atom is -0.382 e. The second kappa shape index (κ2) is 12.0. The molecule has 0 aliphatic heterocycles. The largest absolute Gasteiger partial charge is 0.382 e. The van der Waals surface area contributed by atoms with E-state index in [0.29, 0.717) is 17.2 Å². The smallest absolute Gasteiger partial charge is 0.226 e. The average molecular weight is 394 g/mol. The number of aryl methyl sites for hydroxylation is 1. The fourth-order valence-corrected chi connectivity index (χ4v) is 3.68. The van der Waals surface area contributed by atoms with Gasteiger partial charge in [0.25, 0.3) is 0 Å². The van der Waals surface area contributed by atoms with Gasteiger partial charge in [-0.05, 0) is 44.9 Å². The van der Waals surface area contributed by atoms with Crippen LogP contribution < -0.4 is 10.6 Å². The van der Waals surface area contributed by atoms with Crippen molar-refractivity contribution in [1.82, 2.24) is 20.8 Å². The second-order valence-corrected chi connectivity index (χ2v) is 8.08. The van der Waals surface area contributed by atoms with Gasteiger partial charge in [0.1, 0.15) is 0 Å². The summed E-state index contributed by atoms with van der Waals surface area (Å²) >= 11 is 0. The summed E-state index contributed by atoms with van der Waals surface area (Å²) in [6, 6.07) is 0. The Morgan fingerprint density at radius 3 is 2.68 bits per heavy atom. The molecule has 0 spiro atoms. The van der Waals surface area contributed by atoms with Crippen molar-refractivity contribution in [2.45, 2.75) is 78.6 Å². The van der Waals surface area contributed by atoms with Crippen LogP contribution in [-0.4, -0.2) is 48.9 Å². The molecule has 2 rings (SSSR count). The number of hydrogen-bond acceptors (Lipinski definition) is 5. The number of rotatable bonds is 12. The highest BCUT2D eigenvalue weighted by molar-refractivity contribution is 5.79. The topological polar surface area (TPSA) is 84.6 Å². The number of ether oxygens (including phenoxy) is 1. The van der Waals surface area contributed by atoms with Gasteiger partial charge in [0.2, 0.25) is 5.89 Å². The molecule has 1 aromatic heterocycles. The zero-order valence-corrected chi connectivity index (χ0v) is 18.2. The van der Waals surface area contributed by atoms with Crippen molar-refractivity contribution in [2.75, 3.05) is 32.8 Å². The van der Waals surface area contributed by atoms with Crippen LogP contribution in [0.15, 0.2) is 9.52 Å².